The molecule has 0 spiro atoms. The third-order valence-corrected chi connectivity index (χ3v) is 16.6. The number of fused-ring (bicyclic) bond motifs is 8. The Morgan fingerprint density at radius 3 is 1.55 bits per heavy atom. The van der Waals surface area contributed by atoms with Crippen LogP contribution in [0, 0.1) is 44.2 Å². The van der Waals surface area contributed by atoms with Gasteiger partial charge >= 0.3 is 56.4 Å². The first kappa shape index (κ1) is 65.2. The van der Waals surface area contributed by atoms with Gasteiger partial charge in [0, 0.05) is 91.0 Å². The topological polar surface area (TPSA) is 113 Å². The normalized spacial score (nSPS) is 10.8. The Morgan fingerprint density at radius 1 is 0.421 bits per heavy atom. The molecule has 0 atom stereocenters. The predicted octanol–water partition coefficient (Wildman–Crippen LogP) is 20.5. The van der Waals surface area contributed by atoms with Gasteiger partial charge in [0.05, 0.1) is 39.6 Å². The molecular formula is C79H56BrCl2N11Pt2. The van der Waals surface area contributed by atoms with Crippen molar-refractivity contribution in [3.05, 3.63) is 325 Å². The zero-order valence-corrected chi connectivity index (χ0v) is 59.0. The number of benzene rings is 10. The molecule has 7 heterocycles. The molecule has 0 aliphatic rings. The van der Waals surface area contributed by atoms with Crippen LogP contribution in [0.25, 0.3) is 116 Å². The number of halogens is 3. The maximum atomic E-state index is 8.29. The second kappa shape index (κ2) is 30.1. The van der Waals surface area contributed by atoms with E-state index in [1.54, 1.807) is 18.3 Å². The van der Waals surface area contributed by atoms with Crippen molar-refractivity contribution < 1.29 is 37.5 Å². The number of para-hydroxylation sites is 4. The second-order valence-electron chi connectivity index (χ2n) is 21.9. The van der Waals surface area contributed by atoms with Crippen LogP contribution in [-0.4, -0.2) is 48.4 Å². The predicted molar refractivity (Wildman–Crippen MR) is 383 cm³/mol. The van der Waals surface area contributed by atoms with Crippen LogP contribution in [-0.2, 0) is 37.5 Å². The van der Waals surface area contributed by atoms with E-state index in [0.717, 1.165) is 110 Å². The third-order valence-electron chi connectivity index (χ3n) is 16.1. The van der Waals surface area contributed by atoms with Gasteiger partial charge in [0.25, 0.3) is 0 Å². The van der Waals surface area contributed by atoms with Gasteiger partial charge in [0.15, 0.2) is 0 Å². The van der Waals surface area contributed by atoms with Crippen molar-refractivity contribution in [2.75, 3.05) is 0 Å². The number of rotatable bonds is 7. The van der Waals surface area contributed by atoms with Crippen LogP contribution in [0.5, 0.6) is 0 Å². The summed E-state index contributed by atoms with van der Waals surface area (Å²) in [6.45, 7) is 6.16. The van der Waals surface area contributed by atoms with E-state index in [0.29, 0.717) is 5.56 Å². The third kappa shape index (κ3) is 13.9. The fraction of sp³-hybridized carbons (Fsp3) is 0.0380. The van der Waals surface area contributed by atoms with Crippen molar-refractivity contribution in [2.45, 2.75) is 20.8 Å². The minimum Gasteiger partial charge on any atom is 2.00 e. The van der Waals surface area contributed by atoms with Crippen molar-refractivity contribution >= 4 is 100 Å². The molecule has 0 N–H and O–H groups in total. The number of aromatic nitrogens is 10. The van der Waals surface area contributed by atoms with E-state index in [2.05, 4.69) is 228 Å². The standard InChI is InChI=1S/C31H22N4.C31H20N4.C10H9BrN2.C7H5N.2ClH.2Pt/c2*1-21-16-18-33-35(21)25-10-5-9-24(20-25)34-29-13-3-2-11-27(29)28-15-14-23(19-30(28)34)26-12-4-7-22-8-6-17-32-31(22)26;1-8-5-6-12-13(8)10-4-2-3-9(11)7-10;8-6-7-4-2-1-3-5-7;;;;/h2-20H,1H3;2-18H,1H3;2-7H,1H3;1-5H;2*1H;;/q;-2;;;;;2*+2/p-2. The Labute approximate surface area is 588 Å². The quantitative estimate of drug-likeness (QED) is 0.147. The van der Waals surface area contributed by atoms with Gasteiger partial charge in [-0.2, -0.15) is 26.6 Å². The molecule has 0 saturated heterocycles. The summed E-state index contributed by atoms with van der Waals surface area (Å²) < 4.78 is 11.5. The van der Waals surface area contributed by atoms with Crippen molar-refractivity contribution in [1.82, 2.24) is 48.4 Å². The second-order valence-corrected chi connectivity index (χ2v) is 26.1. The van der Waals surface area contributed by atoms with Crippen molar-refractivity contribution in [3.8, 4) is 56.8 Å². The summed E-state index contributed by atoms with van der Waals surface area (Å²) in [5.41, 5.74) is 20.0. The van der Waals surface area contributed by atoms with E-state index in [9.17, 15) is 0 Å². The van der Waals surface area contributed by atoms with Crippen molar-refractivity contribution in [2.24, 2.45) is 0 Å². The summed E-state index contributed by atoms with van der Waals surface area (Å²) in [6.07, 6.45) is 9.17. The molecule has 0 bridgehead atoms. The van der Waals surface area contributed by atoms with Crippen LogP contribution in [0.4, 0.5) is 0 Å². The van der Waals surface area contributed by atoms with E-state index in [1.165, 1.54) is 27.2 Å². The summed E-state index contributed by atoms with van der Waals surface area (Å²) in [5, 5.41) is 28.6. The first-order valence-corrected chi connectivity index (χ1v) is 36.5. The van der Waals surface area contributed by atoms with E-state index in [4.69, 9.17) is 29.1 Å². The molecule has 0 unspecified atom stereocenters. The molecule has 17 rings (SSSR count). The molecule has 0 aliphatic heterocycles. The zero-order valence-electron chi connectivity index (χ0n) is 51.3. The van der Waals surface area contributed by atoms with E-state index < -0.39 is 16.5 Å². The van der Waals surface area contributed by atoms with Gasteiger partial charge in [0.1, 0.15) is 0 Å². The monoisotopic (exact) mass is 1700 g/mol. The van der Waals surface area contributed by atoms with Gasteiger partial charge in [-0.1, -0.05) is 160 Å². The van der Waals surface area contributed by atoms with E-state index in [1.807, 2.05) is 138 Å². The Balaban J connectivity index is 0.000000135. The fourth-order valence-corrected chi connectivity index (χ4v) is 12.2. The van der Waals surface area contributed by atoms with Crippen LogP contribution in [0.3, 0.4) is 0 Å². The molecule has 0 aliphatic carbocycles. The van der Waals surface area contributed by atoms with Crippen LogP contribution < -0.4 is 0 Å². The number of hydrogen-bond donors (Lipinski definition) is 0. The fourth-order valence-electron chi connectivity index (χ4n) is 11.9. The number of nitriles is 1. The van der Waals surface area contributed by atoms with Gasteiger partial charge in [-0.05, 0) is 145 Å². The van der Waals surface area contributed by atoms with Crippen LogP contribution >= 0.6 is 34.8 Å². The molecule has 0 saturated carbocycles. The number of aryl methyl sites for hydroxylation is 3. The smallest absolute Gasteiger partial charge is 2.00 e. The summed E-state index contributed by atoms with van der Waals surface area (Å²) in [7, 11) is 9.75. The maximum absolute atomic E-state index is 8.29. The molecule has 11 nitrogen and oxygen atoms in total. The Kier molecular flexibility index (Phi) is 20.6. The Bertz CT molecular complexity index is 5290. The average Bonchev–Trinajstić information content (AvgIpc) is 1.61. The largest absolute Gasteiger partial charge is 2.00 e. The molecule has 0 radical (unpaired) electrons. The molecule has 0 fully saturated rings. The first-order chi connectivity index (χ1) is 46.2. The van der Waals surface area contributed by atoms with Crippen LogP contribution in [0.15, 0.2) is 290 Å². The first-order valence-electron chi connectivity index (χ1n) is 30.0. The molecule has 7 aromatic heterocycles. The van der Waals surface area contributed by atoms with Crippen LogP contribution in [0.1, 0.15) is 22.6 Å². The number of hydrogen-bond acceptors (Lipinski definition) is 6. The molecular weight excluding hydrogens is 1640 g/mol. The molecule has 17 aromatic rings. The molecule has 0 amide bonds. The number of pyridine rings is 2. The SMILES string of the molecule is Cc1ccnn1-c1[c-]c(-n2c3[c-]c(-c4cccc5cccnc45)ccc3c3ccccc32)ccc1.Cc1ccnn1-c1cccc(-n2c3ccccc3c3ccc(-c4cccc5cccnc45)cc32)c1.Cc1ccnn1-c1cccc(Br)c1.N#Cc1ccccc1.[Cl][Pt][Cl].[Pt+2]. The minimum atomic E-state index is -0.472. The van der Waals surface area contributed by atoms with Crippen molar-refractivity contribution in [3.63, 3.8) is 0 Å². The molecule has 468 valence electrons. The van der Waals surface area contributed by atoms with Gasteiger partial charge in [0.2, 0.25) is 0 Å². The van der Waals surface area contributed by atoms with E-state index >= 15 is 0 Å². The molecule has 16 heteroatoms. The van der Waals surface area contributed by atoms with Gasteiger partial charge in [-0.15, -0.1) is 42.0 Å². The average molecular weight is 1700 g/mol. The zero-order chi connectivity index (χ0) is 64.5. The summed E-state index contributed by atoms with van der Waals surface area (Å²) >= 11 is 2.96. The van der Waals surface area contributed by atoms with E-state index in [-0.39, 0.29) is 21.1 Å². The van der Waals surface area contributed by atoms with Crippen molar-refractivity contribution in [1.29, 1.82) is 5.26 Å². The van der Waals surface area contributed by atoms with Gasteiger partial charge < -0.3 is 9.13 Å². The van der Waals surface area contributed by atoms with Crippen LogP contribution in [0.2, 0.25) is 0 Å². The Morgan fingerprint density at radius 2 is 0.926 bits per heavy atom. The minimum absolute atomic E-state index is 0. The summed E-state index contributed by atoms with van der Waals surface area (Å²) in [4.78, 5) is 9.36. The van der Waals surface area contributed by atoms with Gasteiger partial charge in [-0.3, -0.25) is 14.6 Å². The molecule has 95 heavy (non-hydrogen) atoms. The maximum Gasteiger partial charge on any atom is 2.00 e. The van der Waals surface area contributed by atoms with Gasteiger partial charge in [-0.25, -0.2) is 9.36 Å². The molecule has 10 aromatic carbocycles. The summed E-state index contributed by atoms with van der Waals surface area (Å²) in [6, 6.07) is 96.4. The number of nitrogens with zero attached hydrogens (tertiary/aromatic N) is 11. The Hall–Kier alpha value is -9.82. The summed E-state index contributed by atoms with van der Waals surface area (Å²) in [5.74, 6) is 0.